The molecule has 0 aliphatic heterocycles. The lowest BCUT2D eigenvalue weighted by Gasteiger charge is -2.08. The van der Waals surface area contributed by atoms with E-state index in [1.807, 2.05) is 25.1 Å². The first-order valence-corrected chi connectivity index (χ1v) is 8.41. The Balaban J connectivity index is 1.82. The molecule has 23 heavy (non-hydrogen) atoms. The van der Waals surface area contributed by atoms with E-state index in [1.54, 1.807) is 6.07 Å². The van der Waals surface area contributed by atoms with Gasteiger partial charge in [-0.1, -0.05) is 11.3 Å². The van der Waals surface area contributed by atoms with Crippen molar-refractivity contribution in [3.63, 3.8) is 0 Å². The number of benzene rings is 1. The van der Waals surface area contributed by atoms with E-state index in [1.165, 1.54) is 12.3 Å². The maximum absolute atomic E-state index is 11.7. The van der Waals surface area contributed by atoms with Gasteiger partial charge >= 0.3 is 5.00 Å². The standard InChI is InChI=1S/C14H13IN4O3S/c1-9-6-10(15)2-4-12(9)16-8-13(20)18-17-7-11-3-5-14(23-11)19(21)22/h2-7,16H,8H2,1H3,(H,18,20). The zero-order chi connectivity index (χ0) is 16.8. The first-order valence-electron chi connectivity index (χ1n) is 6.52. The molecule has 0 bridgehead atoms. The van der Waals surface area contributed by atoms with E-state index in [0.29, 0.717) is 4.88 Å². The van der Waals surface area contributed by atoms with Crippen LogP contribution in [0.25, 0.3) is 0 Å². The second-order valence-corrected chi connectivity index (χ2v) is 6.88. The Bertz CT molecular complexity index is 760. The molecule has 0 aliphatic rings. The molecule has 0 unspecified atom stereocenters. The predicted molar refractivity (Wildman–Crippen MR) is 99.1 cm³/mol. The van der Waals surface area contributed by atoms with Crippen molar-refractivity contribution in [3.05, 3.63) is 54.5 Å². The molecule has 0 aliphatic carbocycles. The lowest BCUT2D eigenvalue weighted by Crippen LogP contribution is -2.26. The van der Waals surface area contributed by atoms with Crippen LogP contribution in [0, 0.1) is 20.6 Å². The molecule has 7 nitrogen and oxygen atoms in total. The second kappa shape index (κ2) is 8.02. The van der Waals surface area contributed by atoms with Crippen molar-refractivity contribution in [1.82, 2.24) is 5.43 Å². The fourth-order valence-electron chi connectivity index (χ4n) is 1.72. The third kappa shape index (κ3) is 5.28. The maximum atomic E-state index is 11.7. The average molecular weight is 444 g/mol. The monoisotopic (exact) mass is 444 g/mol. The summed E-state index contributed by atoms with van der Waals surface area (Å²) in [6.07, 6.45) is 1.38. The lowest BCUT2D eigenvalue weighted by molar-refractivity contribution is -0.380. The van der Waals surface area contributed by atoms with Crippen LogP contribution < -0.4 is 10.7 Å². The summed E-state index contributed by atoms with van der Waals surface area (Å²) >= 11 is 3.22. The highest BCUT2D eigenvalue weighted by molar-refractivity contribution is 14.1. The summed E-state index contributed by atoms with van der Waals surface area (Å²) < 4.78 is 1.13. The Morgan fingerprint density at radius 1 is 1.43 bits per heavy atom. The number of thiophene rings is 1. The molecule has 1 aromatic carbocycles. The molecule has 2 aromatic rings. The molecule has 2 N–H and O–H groups in total. The number of carbonyl (C=O) groups excluding carboxylic acids is 1. The smallest absolute Gasteiger partial charge is 0.324 e. The van der Waals surface area contributed by atoms with E-state index in [4.69, 9.17) is 0 Å². The van der Waals surface area contributed by atoms with E-state index in [2.05, 4.69) is 38.4 Å². The number of nitrogens with one attached hydrogen (secondary N) is 2. The molecule has 1 heterocycles. The molecule has 0 radical (unpaired) electrons. The molecule has 0 saturated heterocycles. The van der Waals surface area contributed by atoms with Crippen LogP contribution in [0.15, 0.2) is 35.4 Å². The maximum Gasteiger partial charge on any atom is 0.324 e. The molecular formula is C14H13IN4O3S. The molecule has 1 amide bonds. The fraction of sp³-hybridized carbons (Fsp3) is 0.143. The summed E-state index contributed by atoms with van der Waals surface area (Å²) in [6.45, 7) is 2.05. The van der Waals surface area contributed by atoms with Crippen molar-refractivity contribution < 1.29 is 9.72 Å². The van der Waals surface area contributed by atoms with Gasteiger partial charge in [-0.25, -0.2) is 5.43 Å². The number of aryl methyl sites for hydroxylation is 1. The summed E-state index contributed by atoms with van der Waals surface area (Å²) in [5, 5.41) is 17.4. The van der Waals surface area contributed by atoms with Gasteiger partial charge in [0.1, 0.15) is 0 Å². The molecule has 0 saturated carbocycles. The normalized spacial score (nSPS) is 10.7. The zero-order valence-electron chi connectivity index (χ0n) is 12.1. The van der Waals surface area contributed by atoms with Crippen molar-refractivity contribution in [2.75, 3.05) is 11.9 Å². The van der Waals surface area contributed by atoms with Gasteiger partial charge in [0.2, 0.25) is 0 Å². The minimum Gasteiger partial charge on any atom is -0.376 e. The number of anilines is 1. The summed E-state index contributed by atoms with van der Waals surface area (Å²) in [5.74, 6) is -0.301. The van der Waals surface area contributed by atoms with Gasteiger partial charge < -0.3 is 5.32 Å². The van der Waals surface area contributed by atoms with Crippen molar-refractivity contribution in [3.8, 4) is 0 Å². The van der Waals surface area contributed by atoms with Crippen molar-refractivity contribution in [2.24, 2.45) is 5.10 Å². The SMILES string of the molecule is Cc1cc(I)ccc1NCC(=O)NN=Cc1ccc([N+](=O)[O-])s1. The zero-order valence-corrected chi connectivity index (χ0v) is 15.1. The number of carbonyl (C=O) groups is 1. The Morgan fingerprint density at radius 2 is 2.22 bits per heavy atom. The van der Waals surface area contributed by atoms with E-state index in [9.17, 15) is 14.9 Å². The Morgan fingerprint density at radius 3 is 2.87 bits per heavy atom. The number of hydrogen-bond acceptors (Lipinski definition) is 6. The van der Waals surface area contributed by atoms with Crippen LogP contribution in [-0.4, -0.2) is 23.6 Å². The minimum atomic E-state index is -0.464. The predicted octanol–water partition coefficient (Wildman–Crippen LogP) is 3.13. The molecular weight excluding hydrogens is 431 g/mol. The van der Waals surface area contributed by atoms with Gasteiger partial charge in [-0.3, -0.25) is 14.9 Å². The van der Waals surface area contributed by atoms with Crippen molar-refractivity contribution in [2.45, 2.75) is 6.92 Å². The highest BCUT2D eigenvalue weighted by Gasteiger charge is 2.08. The average Bonchev–Trinajstić information content (AvgIpc) is 2.95. The molecule has 1 aromatic heterocycles. The Labute approximate surface area is 150 Å². The third-order valence-corrected chi connectivity index (χ3v) is 4.44. The van der Waals surface area contributed by atoms with Gasteiger partial charge in [0.05, 0.1) is 22.6 Å². The number of rotatable bonds is 6. The van der Waals surface area contributed by atoms with Gasteiger partial charge in [-0.15, -0.1) is 0 Å². The second-order valence-electron chi connectivity index (χ2n) is 4.54. The number of nitrogens with zero attached hydrogens (tertiary/aromatic N) is 2. The van der Waals surface area contributed by atoms with Gasteiger partial charge in [-0.2, -0.15) is 5.10 Å². The largest absolute Gasteiger partial charge is 0.376 e. The van der Waals surface area contributed by atoms with Crippen LogP contribution in [0.4, 0.5) is 10.7 Å². The van der Waals surface area contributed by atoms with Crippen LogP contribution in [0.3, 0.4) is 0 Å². The molecule has 0 spiro atoms. The van der Waals surface area contributed by atoms with Crippen LogP contribution in [0.1, 0.15) is 10.4 Å². The van der Waals surface area contributed by atoms with Gasteiger partial charge in [-0.05, 0) is 59.3 Å². The quantitative estimate of drug-likeness (QED) is 0.310. The molecule has 0 atom stereocenters. The van der Waals surface area contributed by atoms with Crippen molar-refractivity contribution in [1.29, 1.82) is 0 Å². The fourth-order valence-corrected chi connectivity index (χ4v) is 3.06. The number of hydrazone groups is 1. The first kappa shape index (κ1) is 17.3. The number of nitro groups is 1. The molecule has 9 heteroatoms. The number of halogens is 1. The first-order chi connectivity index (χ1) is 11.0. The summed E-state index contributed by atoms with van der Waals surface area (Å²) in [7, 11) is 0. The Kier molecular flexibility index (Phi) is 6.04. The van der Waals surface area contributed by atoms with Crippen LogP contribution >= 0.6 is 33.9 Å². The van der Waals surface area contributed by atoms with E-state index >= 15 is 0 Å². The van der Waals surface area contributed by atoms with E-state index < -0.39 is 4.92 Å². The molecule has 120 valence electrons. The summed E-state index contributed by atoms with van der Waals surface area (Å²) in [5.41, 5.74) is 4.32. The van der Waals surface area contributed by atoms with E-state index in [0.717, 1.165) is 26.2 Å². The highest BCUT2D eigenvalue weighted by Crippen LogP contribution is 2.22. The van der Waals surface area contributed by atoms with E-state index in [-0.39, 0.29) is 17.5 Å². The van der Waals surface area contributed by atoms with Gasteiger partial charge in [0.25, 0.3) is 5.91 Å². The van der Waals surface area contributed by atoms with Gasteiger partial charge in [0, 0.05) is 15.3 Å². The molecule has 2 rings (SSSR count). The van der Waals surface area contributed by atoms with Crippen LogP contribution in [0.5, 0.6) is 0 Å². The topological polar surface area (TPSA) is 96.6 Å². The Hall–Kier alpha value is -2.01. The van der Waals surface area contributed by atoms with Gasteiger partial charge in [0.15, 0.2) is 0 Å². The summed E-state index contributed by atoms with van der Waals surface area (Å²) in [6, 6.07) is 8.86. The third-order valence-electron chi connectivity index (χ3n) is 2.80. The minimum absolute atomic E-state index is 0.0358. The number of hydrogen-bond donors (Lipinski definition) is 2. The van der Waals surface area contributed by atoms with Crippen LogP contribution in [-0.2, 0) is 4.79 Å². The number of amides is 1. The summed E-state index contributed by atoms with van der Waals surface area (Å²) in [4.78, 5) is 22.4. The lowest BCUT2D eigenvalue weighted by atomic mass is 10.2. The van der Waals surface area contributed by atoms with Crippen LogP contribution in [0.2, 0.25) is 0 Å². The highest BCUT2D eigenvalue weighted by atomic mass is 127. The molecule has 0 fully saturated rings. The van der Waals surface area contributed by atoms with Crippen molar-refractivity contribution >= 4 is 56.7 Å².